The maximum Gasteiger partial charge on any atom is 0.341 e. The topological polar surface area (TPSA) is 43.4 Å². The van der Waals surface area contributed by atoms with Crippen molar-refractivity contribution >= 4 is 11.9 Å². The molecule has 0 amide bonds. The van der Waals surface area contributed by atoms with Crippen LogP contribution in [0.3, 0.4) is 0 Å². The van der Waals surface area contributed by atoms with Crippen LogP contribution in [0.1, 0.15) is 6.42 Å². The fraction of sp³-hybridized carbons (Fsp3) is 0.385. The molecule has 3 nitrogen and oxygen atoms in total. The van der Waals surface area contributed by atoms with E-state index in [0.29, 0.717) is 0 Å². The molecular formula is C13H10O3. The maximum absolute atomic E-state index is 11.8. The molecule has 0 N–H and O–H groups in total. The predicted octanol–water partition coefficient (Wildman–Crippen LogP) is 1.37. The van der Waals surface area contributed by atoms with Crippen LogP contribution in [-0.4, -0.2) is 11.9 Å². The van der Waals surface area contributed by atoms with E-state index in [1.165, 1.54) is 0 Å². The van der Waals surface area contributed by atoms with Gasteiger partial charge >= 0.3 is 11.9 Å². The second kappa shape index (κ2) is 2.37. The molecule has 1 saturated heterocycles. The number of esters is 2. The zero-order valence-corrected chi connectivity index (χ0v) is 8.55. The Bertz CT molecular complexity index is 511. The molecule has 4 aliphatic rings. The number of carbonyl (C=O) groups excluding carboxylic acids is 2. The van der Waals surface area contributed by atoms with Gasteiger partial charge in [0.15, 0.2) is 0 Å². The highest BCUT2D eigenvalue weighted by Crippen LogP contribution is 2.63. The fourth-order valence-electron chi connectivity index (χ4n) is 3.77. The summed E-state index contributed by atoms with van der Waals surface area (Å²) in [6.45, 7) is 0. The Morgan fingerprint density at radius 3 is 3.06 bits per heavy atom. The molecule has 1 spiro atoms. The van der Waals surface area contributed by atoms with Gasteiger partial charge in [0, 0.05) is 22.8 Å². The molecule has 0 aromatic rings. The van der Waals surface area contributed by atoms with Crippen molar-refractivity contribution in [2.75, 3.05) is 0 Å². The van der Waals surface area contributed by atoms with Crippen molar-refractivity contribution in [3.05, 3.63) is 36.0 Å². The lowest BCUT2D eigenvalue weighted by molar-refractivity contribution is -0.166. The molecule has 2 bridgehead atoms. The van der Waals surface area contributed by atoms with Crippen LogP contribution in [0.4, 0.5) is 0 Å². The summed E-state index contributed by atoms with van der Waals surface area (Å²) in [6.07, 6.45) is 11.1. The molecule has 1 saturated carbocycles. The van der Waals surface area contributed by atoms with Gasteiger partial charge < -0.3 is 4.74 Å². The van der Waals surface area contributed by atoms with E-state index in [0.717, 1.165) is 12.0 Å². The van der Waals surface area contributed by atoms with E-state index in [2.05, 4.69) is 12.2 Å². The second-order valence-electron chi connectivity index (χ2n) is 5.03. The minimum atomic E-state index is -0.426. The quantitative estimate of drug-likeness (QED) is 0.452. The normalized spacial score (nSPS) is 46.8. The van der Waals surface area contributed by atoms with Gasteiger partial charge in [0.2, 0.25) is 0 Å². The number of cyclic esters (lactones) is 2. The van der Waals surface area contributed by atoms with Crippen LogP contribution in [0.15, 0.2) is 36.0 Å². The summed E-state index contributed by atoms with van der Waals surface area (Å²) < 4.78 is 4.79. The van der Waals surface area contributed by atoms with Crippen molar-refractivity contribution in [1.29, 1.82) is 0 Å². The van der Waals surface area contributed by atoms with E-state index in [1.54, 1.807) is 0 Å². The lowest BCUT2D eigenvalue weighted by Crippen LogP contribution is -2.41. The Hall–Kier alpha value is -1.64. The third-order valence-electron chi connectivity index (χ3n) is 4.38. The highest BCUT2D eigenvalue weighted by Gasteiger charge is 2.62. The van der Waals surface area contributed by atoms with Crippen LogP contribution in [0.5, 0.6) is 0 Å². The Labute approximate surface area is 92.5 Å². The highest BCUT2D eigenvalue weighted by atomic mass is 16.6. The first-order valence-corrected chi connectivity index (χ1v) is 5.56. The summed E-state index contributed by atoms with van der Waals surface area (Å²) >= 11 is 0. The van der Waals surface area contributed by atoms with Crippen LogP contribution in [-0.2, 0) is 14.3 Å². The molecule has 0 aromatic heterocycles. The Kier molecular flexibility index (Phi) is 1.26. The maximum atomic E-state index is 11.8. The monoisotopic (exact) mass is 214 g/mol. The van der Waals surface area contributed by atoms with Crippen molar-refractivity contribution < 1.29 is 14.3 Å². The molecule has 16 heavy (non-hydrogen) atoms. The average Bonchev–Trinajstić information content (AvgIpc) is 2.78. The fourth-order valence-corrected chi connectivity index (χ4v) is 3.77. The van der Waals surface area contributed by atoms with E-state index >= 15 is 0 Å². The first-order chi connectivity index (χ1) is 7.71. The molecule has 1 aliphatic heterocycles. The molecule has 4 atom stereocenters. The zero-order valence-electron chi connectivity index (χ0n) is 8.55. The van der Waals surface area contributed by atoms with Gasteiger partial charge in [0.1, 0.15) is 0 Å². The molecule has 2 fully saturated rings. The summed E-state index contributed by atoms with van der Waals surface area (Å²) in [5.41, 5.74) is 0.634. The van der Waals surface area contributed by atoms with Crippen molar-refractivity contribution in [2.24, 2.45) is 23.2 Å². The first-order valence-electron chi connectivity index (χ1n) is 5.56. The number of rotatable bonds is 0. The first kappa shape index (κ1) is 8.50. The summed E-state index contributed by atoms with van der Waals surface area (Å²) in [5, 5.41) is 0. The van der Waals surface area contributed by atoms with Crippen molar-refractivity contribution in [1.82, 2.24) is 0 Å². The van der Waals surface area contributed by atoms with Gasteiger partial charge in [-0.05, 0) is 6.42 Å². The summed E-state index contributed by atoms with van der Waals surface area (Å²) in [6, 6.07) is 0. The van der Waals surface area contributed by atoms with Gasteiger partial charge in [-0.2, -0.15) is 0 Å². The van der Waals surface area contributed by atoms with E-state index in [-0.39, 0.29) is 29.1 Å². The van der Waals surface area contributed by atoms with E-state index < -0.39 is 5.97 Å². The minimum absolute atomic E-state index is 0.0888. The molecule has 4 rings (SSSR count). The van der Waals surface area contributed by atoms with Crippen LogP contribution in [0, 0.1) is 23.2 Å². The smallest absolute Gasteiger partial charge is 0.341 e. The Morgan fingerprint density at radius 1 is 1.31 bits per heavy atom. The second-order valence-corrected chi connectivity index (χ2v) is 5.03. The van der Waals surface area contributed by atoms with Crippen LogP contribution >= 0.6 is 0 Å². The number of fused-ring (bicyclic) bond motifs is 1. The number of allylic oxidation sites excluding steroid dienone is 5. The predicted molar refractivity (Wildman–Crippen MR) is 55.0 cm³/mol. The van der Waals surface area contributed by atoms with Gasteiger partial charge in [-0.25, -0.2) is 4.79 Å². The molecular weight excluding hydrogens is 204 g/mol. The van der Waals surface area contributed by atoms with Gasteiger partial charge in [0.05, 0.1) is 5.92 Å². The number of hydrogen-bond donors (Lipinski definition) is 0. The van der Waals surface area contributed by atoms with Crippen LogP contribution in [0.25, 0.3) is 0 Å². The van der Waals surface area contributed by atoms with Crippen molar-refractivity contribution in [3.8, 4) is 0 Å². The van der Waals surface area contributed by atoms with E-state index in [9.17, 15) is 9.59 Å². The lowest BCUT2D eigenvalue weighted by atomic mass is 9.69. The lowest BCUT2D eigenvalue weighted by Gasteiger charge is -2.36. The van der Waals surface area contributed by atoms with Crippen LogP contribution < -0.4 is 0 Å². The minimum Gasteiger partial charge on any atom is -0.389 e. The number of ether oxygens (including phenoxy) is 1. The molecule has 3 heteroatoms. The van der Waals surface area contributed by atoms with Crippen molar-refractivity contribution in [3.63, 3.8) is 0 Å². The molecule has 80 valence electrons. The summed E-state index contributed by atoms with van der Waals surface area (Å²) in [5.74, 6) is -0.625. The third-order valence-corrected chi connectivity index (χ3v) is 4.38. The molecule has 0 aromatic carbocycles. The summed E-state index contributed by atoms with van der Waals surface area (Å²) in [7, 11) is 0. The molecule has 3 aliphatic carbocycles. The molecule has 4 unspecified atom stereocenters. The largest absolute Gasteiger partial charge is 0.389 e. The van der Waals surface area contributed by atoms with E-state index in [1.807, 2.05) is 18.2 Å². The van der Waals surface area contributed by atoms with E-state index in [4.69, 9.17) is 4.74 Å². The van der Waals surface area contributed by atoms with Gasteiger partial charge in [-0.3, -0.25) is 4.79 Å². The van der Waals surface area contributed by atoms with Crippen molar-refractivity contribution in [2.45, 2.75) is 6.42 Å². The van der Waals surface area contributed by atoms with Gasteiger partial charge in [0.25, 0.3) is 0 Å². The summed E-state index contributed by atoms with van der Waals surface area (Å²) in [4.78, 5) is 23.3. The number of carbonyl (C=O) groups is 2. The van der Waals surface area contributed by atoms with Gasteiger partial charge in [-0.15, -0.1) is 0 Å². The third kappa shape index (κ3) is 0.742. The zero-order chi connectivity index (χ0) is 10.9. The standard InChI is InChI=1S/C13H10O3/c14-11-8-6-13-4-2-1-3-9(13)10(7(8)5-13)12(15)16-11/h1-4,6-7,9-10H,5H2. The van der Waals surface area contributed by atoms with Gasteiger partial charge in [-0.1, -0.05) is 30.4 Å². The Morgan fingerprint density at radius 2 is 2.19 bits per heavy atom. The molecule has 0 radical (unpaired) electrons. The molecule has 1 heterocycles. The Balaban J connectivity index is 1.96. The average molecular weight is 214 g/mol. The SMILES string of the molecule is O=C1OC(=O)C2C3CC4(C=CC=CC24)C=C13. The highest BCUT2D eigenvalue weighted by molar-refractivity contribution is 6.02. The van der Waals surface area contributed by atoms with Crippen LogP contribution in [0.2, 0.25) is 0 Å². The number of hydrogen-bond acceptors (Lipinski definition) is 3.